The lowest BCUT2D eigenvalue weighted by molar-refractivity contribution is 0.0756. The zero-order chi connectivity index (χ0) is 10.6. The third kappa shape index (κ3) is 2.23. The fraction of sp³-hybridized carbons (Fsp3) is 0.300. The largest absolute Gasteiger partial charge is 0.398 e. The molecule has 0 radical (unpaired) electrons. The van der Waals surface area contributed by atoms with E-state index in [1.54, 1.807) is 24.3 Å². The van der Waals surface area contributed by atoms with Gasteiger partial charge in [0.25, 0.3) is 5.91 Å². The normalized spacial score (nSPS) is 9.86. The van der Waals surface area contributed by atoms with E-state index < -0.39 is 0 Å². The minimum absolute atomic E-state index is 0.232. The van der Waals surface area contributed by atoms with Crippen LogP contribution in [0.5, 0.6) is 0 Å². The van der Waals surface area contributed by atoms with Crippen LogP contribution in [-0.2, 0) is 0 Å². The van der Waals surface area contributed by atoms with Gasteiger partial charge in [0.1, 0.15) is 0 Å². The number of benzene rings is 1. The molecule has 1 aromatic carbocycles. The Kier molecular flexibility index (Phi) is 3.48. The second-order valence-electron chi connectivity index (χ2n) is 3.09. The summed E-state index contributed by atoms with van der Waals surface area (Å²) in [6.07, 6.45) is 0.828. The fourth-order valence-electron chi connectivity index (χ4n) is 1.19. The van der Waals surface area contributed by atoms with E-state index in [0.29, 0.717) is 17.8 Å². The van der Waals surface area contributed by atoms with Crippen LogP contribution in [0.25, 0.3) is 0 Å². The summed E-state index contributed by atoms with van der Waals surface area (Å²) >= 11 is 0. The minimum atomic E-state index is -0.232. The van der Waals surface area contributed by atoms with Crippen LogP contribution in [-0.4, -0.2) is 17.5 Å². The van der Waals surface area contributed by atoms with Gasteiger partial charge in [-0.15, -0.1) is 0 Å². The number of anilines is 1. The van der Waals surface area contributed by atoms with Crippen molar-refractivity contribution in [3.63, 3.8) is 0 Å². The Morgan fingerprint density at radius 3 is 2.64 bits per heavy atom. The number of rotatable bonds is 3. The van der Waals surface area contributed by atoms with Gasteiger partial charge in [-0.05, 0) is 18.6 Å². The van der Waals surface area contributed by atoms with Gasteiger partial charge in [0.15, 0.2) is 0 Å². The van der Waals surface area contributed by atoms with Gasteiger partial charge in [0.05, 0.1) is 5.56 Å². The van der Waals surface area contributed by atoms with Crippen LogP contribution in [0.4, 0.5) is 5.69 Å². The lowest BCUT2D eigenvalue weighted by Gasteiger charge is -2.16. The SMILES string of the molecule is CCCN(N)C(=O)c1ccccc1N. The summed E-state index contributed by atoms with van der Waals surface area (Å²) in [7, 11) is 0. The van der Waals surface area contributed by atoms with Crippen LogP contribution in [0.15, 0.2) is 24.3 Å². The number of amides is 1. The van der Waals surface area contributed by atoms with Gasteiger partial charge in [-0.2, -0.15) is 0 Å². The van der Waals surface area contributed by atoms with Gasteiger partial charge >= 0.3 is 0 Å². The quantitative estimate of drug-likeness (QED) is 0.325. The Bertz CT molecular complexity index is 325. The topological polar surface area (TPSA) is 72.3 Å². The predicted molar refractivity (Wildman–Crippen MR) is 56.4 cm³/mol. The van der Waals surface area contributed by atoms with Gasteiger partial charge in [-0.25, -0.2) is 5.84 Å². The molecule has 0 aliphatic heterocycles. The molecule has 1 aromatic rings. The van der Waals surface area contributed by atoms with Crippen molar-refractivity contribution in [1.82, 2.24) is 5.01 Å². The molecule has 0 fully saturated rings. The molecule has 1 amide bonds. The number of nitrogens with zero attached hydrogens (tertiary/aromatic N) is 1. The molecule has 0 saturated carbocycles. The molecule has 14 heavy (non-hydrogen) atoms. The molecular formula is C10H15N3O. The van der Waals surface area contributed by atoms with Gasteiger partial charge in [-0.3, -0.25) is 9.80 Å². The summed E-state index contributed by atoms with van der Waals surface area (Å²) < 4.78 is 0. The van der Waals surface area contributed by atoms with Crippen molar-refractivity contribution in [3.8, 4) is 0 Å². The van der Waals surface area contributed by atoms with Crippen molar-refractivity contribution < 1.29 is 4.79 Å². The van der Waals surface area contributed by atoms with Crippen molar-refractivity contribution >= 4 is 11.6 Å². The molecule has 4 N–H and O–H groups in total. The Morgan fingerprint density at radius 2 is 2.07 bits per heavy atom. The molecule has 0 aliphatic carbocycles. The van der Waals surface area contributed by atoms with Crippen LogP contribution in [0.2, 0.25) is 0 Å². The molecule has 76 valence electrons. The Labute approximate surface area is 83.5 Å². The predicted octanol–water partition coefficient (Wildman–Crippen LogP) is 0.995. The van der Waals surface area contributed by atoms with Crippen LogP contribution >= 0.6 is 0 Å². The first-order valence-corrected chi connectivity index (χ1v) is 4.58. The van der Waals surface area contributed by atoms with E-state index in [1.165, 1.54) is 5.01 Å². The van der Waals surface area contributed by atoms with E-state index in [-0.39, 0.29) is 5.91 Å². The summed E-state index contributed by atoms with van der Waals surface area (Å²) in [4.78, 5) is 11.7. The van der Waals surface area contributed by atoms with Crippen molar-refractivity contribution in [2.45, 2.75) is 13.3 Å². The fourth-order valence-corrected chi connectivity index (χ4v) is 1.19. The van der Waals surface area contributed by atoms with E-state index in [0.717, 1.165) is 6.42 Å². The second-order valence-corrected chi connectivity index (χ2v) is 3.09. The molecule has 0 heterocycles. The Morgan fingerprint density at radius 1 is 1.43 bits per heavy atom. The molecule has 0 aromatic heterocycles. The number of carbonyl (C=O) groups is 1. The first-order chi connectivity index (χ1) is 6.66. The van der Waals surface area contributed by atoms with Gasteiger partial charge < -0.3 is 5.73 Å². The van der Waals surface area contributed by atoms with E-state index in [4.69, 9.17) is 11.6 Å². The third-order valence-electron chi connectivity index (χ3n) is 1.92. The minimum Gasteiger partial charge on any atom is -0.398 e. The van der Waals surface area contributed by atoms with Crippen LogP contribution in [0.1, 0.15) is 23.7 Å². The van der Waals surface area contributed by atoms with Crippen molar-refractivity contribution in [1.29, 1.82) is 0 Å². The summed E-state index contributed by atoms with van der Waals surface area (Å²) in [5.41, 5.74) is 6.58. The molecule has 0 saturated heterocycles. The maximum absolute atomic E-state index is 11.7. The Hall–Kier alpha value is -1.55. The highest BCUT2D eigenvalue weighted by molar-refractivity contribution is 5.98. The summed E-state index contributed by atoms with van der Waals surface area (Å²) in [6, 6.07) is 6.91. The van der Waals surface area contributed by atoms with Crippen LogP contribution in [0.3, 0.4) is 0 Å². The third-order valence-corrected chi connectivity index (χ3v) is 1.92. The molecule has 0 unspecified atom stereocenters. The van der Waals surface area contributed by atoms with Gasteiger partial charge in [-0.1, -0.05) is 19.1 Å². The molecule has 0 spiro atoms. The van der Waals surface area contributed by atoms with Crippen LogP contribution in [0, 0.1) is 0 Å². The van der Waals surface area contributed by atoms with E-state index in [9.17, 15) is 4.79 Å². The van der Waals surface area contributed by atoms with Crippen molar-refractivity contribution in [2.24, 2.45) is 5.84 Å². The molecular weight excluding hydrogens is 178 g/mol. The molecule has 4 nitrogen and oxygen atoms in total. The lowest BCUT2D eigenvalue weighted by atomic mass is 10.1. The monoisotopic (exact) mass is 193 g/mol. The maximum Gasteiger partial charge on any atom is 0.269 e. The number of hydrazine groups is 1. The zero-order valence-electron chi connectivity index (χ0n) is 8.23. The molecule has 0 bridgehead atoms. The lowest BCUT2D eigenvalue weighted by Crippen LogP contribution is -2.38. The van der Waals surface area contributed by atoms with E-state index in [2.05, 4.69) is 0 Å². The number of hydrogen-bond donors (Lipinski definition) is 2. The number of para-hydroxylation sites is 1. The average Bonchev–Trinajstić information content (AvgIpc) is 2.18. The number of nitrogens with two attached hydrogens (primary N) is 2. The Balaban J connectivity index is 2.84. The van der Waals surface area contributed by atoms with Gasteiger partial charge in [0.2, 0.25) is 0 Å². The summed E-state index contributed by atoms with van der Waals surface area (Å²) in [5.74, 6) is 5.33. The highest BCUT2D eigenvalue weighted by Crippen LogP contribution is 2.11. The standard InChI is InChI=1S/C10H15N3O/c1-2-7-13(12)10(14)8-5-3-4-6-9(8)11/h3-6H,2,7,11-12H2,1H3. The molecule has 1 rings (SSSR count). The first-order valence-electron chi connectivity index (χ1n) is 4.58. The maximum atomic E-state index is 11.7. The van der Waals surface area contributed by atoms with E-state index >= 15 is 0 Å². The zero-order valence-corrected chi connectivity index (χ0v) is 8.23. The average molecular weight is 193 g/mol. The molecule has 4 heteroatoms. The number of carbonyl (C=O) groups excluding carboxylic acids is 1. The van der Waals surface area contributed by atoms with Gasteiger partial charge in [0, 0.05) is 12.2 Å². The number of hydrogen-bond acceptors (Lipinski definition) is 3. The highest BCUT2D eigenvalue weighted by Gasteiger charge is 2.13. The second kappa shape index (κ2) is 4.62. The van der Waals surface area contributed by atoms with Crippen molar-refractivity contribution in [2.75, 3.05) is 12.3 Å². The highest BCUT2D eigenvalue weighted by atomic mass is 16.2. The summed E-state index contributed by atoms with van der Waals surface area (Å²) in [6.45, 7) is 2.49. The number of nitrogen functional groups attached to an aromatic ring is 1. The molecule has 0 atom stereocenters. The van der Waals surface area contributed by atoms with Crippen LogP contribution < -0.4 is 11.6 Å². The summed E-state index contributed by atoms with van der Waals surface area (Å²) in [5, 5.41) is 1.19. The molecule has 0 aliphatic rings. The van der Waals surface area contributed by atoms with E-state index in [1.807, 2.05) is 6.92 Å². The smallest absolute Gasteiger partial charge is 0.269 e. The van der Waals surface area contributed by atoms with Crippen molar-refractivity contribution in [3.05, 3.63) is 29.8 Å². The first kappa shape index (κ1) is 10.5.